The van der Waals surface area contributed by atoms with E-state index >= 15 is 0 Å². The maximum Gasteiger partial charge on any atom is 0.326 e. The second-order valence-corrected chi connectivity index (χ2v) is 5.33. The highest BCUT2D eigenvalue weighted by molar-refractivity contribution is 5.84. The molecule has 0 radical (unpaired) electrons. The number of rotatable bonds is 6. The number of aryl methyl sites for hydroxylation is 1. The number of ether oxygens (including phenoxy) is 1. The molecule has 114 valence electrons. The van der Waals surface area contributed by atoms with E-state index in [2.05, 4.69) is 0 Å². The van der Waals surface area contributed by atoms with Gasteiger partial charge in [-0.15, -0.1) is 0 Å². The molecule has 1 amide bonds. The third-order valence-corrected chi connectivity index (χ3v) is 3.90. The van der Waals surface area contributed by atoms with E-state index in [1.807, 2.05) is 30.3 Å². The summed E-state index contributed by atoms with van der Waals surface area (Å²) in [6.45, 7) is 0.373. The van der Waals surface area contributed by atoms with Crippen molar-refractivity contribution in [1.29, 1.82) is 0 Å². The topological polar surface area (TPSA) is 66.8 Å². The molecule has 2 unspecified atom stereocenters. The first-order valence-electron chi connectivity index (χ1n) is 7.21. The summed E-state index contributed by atoms with van der Waals surface area (Å²) in [6.07, 6.45) is 2.12. The largest absolute Gasteiger partial charge is 0.480 e. The van der Waals surface area contributed by atoms with Gasteiger partial charge in [0.1, 0.15) is 6.04 Å². The minimum atomic E-state index is -0.953. The van der Waals surface area contributed by atoms with Crippen molar-refractivity contribution in [2.75, 3.05) is 13.7 Å². The third-order valence-electron chi connectivity index (χ3n) is 3.90. The van der Waals surface area contributed by atoms with Crippen LogP contribution in [0.4, 0.5) is 0 Å². The van der Waals surface area contributed by atoms with Crippen LogP contribution in [0.25, 0.3) is 0 Å². The van der Waals surface area contributed by atoms with Crippen LogP contribution < -0.4 is 0 Å². The van der Waals surface area contributed by atoms with Crippen LogP contribution in [0.1, 0.15) is 24.8 Å². The highest BCUT2D eigenvalue weighted by Crippen LogP contribution is 2.21. The van der Waals surface area contributed by atoms with Gasteiger partial charge >= 0.3 is 5.97 Å². The summed E-state index contributed by atoms with van der Waals surface area (Å²) in [5, 5.41) is 9.20. The van der Waals surface area contributed by atoms with Gasteiger partial charge in [-0.1, -0.05) is 30.3 Å². The van der Waals surface area contributed by atoms with Gasteiger partial charge in [-0.3, -0.25) is 4.79 Å². The fraction of sp³-hybridized carbons (Fsp3) is 0.500. The normalized spacial score (nSPS) is 21.5. The molecule has 5 nitrogen and oxygen atoms in total. The van der Waals surface area contributed by atoms with Crippen molar-refractivity contribution in [2.24, 2.45) is 0 Å². The Bertz CT molecular complexity index is 488. The molecule has 1 aromatic rings. The van der Waals surface area contributed by atoms with Gasteiger partial charge in [-0.05, 0) is 18.4 Å². The van der Waals surface area contributed by atoms with Crippen LogP contribution in [0.2, 0.25) is 0 Å². The average molecular weight is 291 g/mol. The summed E-state index contributed by atoms with van der Waals surface area (Å²) in [6, 6.07) is 9.21. The molecule has 0 saturated carbocycles. The number of carboxylic acids is 1. The Balaban J connectivity index is 1.85. The molecule has 2 rings (SSSR count). The predicted molar refractivity (Wildman–Crippen MR) is 77.9 cm³/mol. The van der Waals surface area contributed by atoms with Crippen LogP contribution in [-0.2, 0) is 20.7 Å². The molecule has 0 aliphatic carbocycles. The van der Waals surface area contributed by atoms with Crippen molar-refractivity contribution in [3.05, 3.63) is 35.9 Å². The predicted octanol–water partition coefficient (Wildman–Crippen LogP) is 1.71. The molecule has 2 atom stereocenters. The van der Waals surface area contributed by atoms with Crippen LogP contribution in [0, 0.1) is 0 Å². The fourth-order valence-corrected chi connectivity index (χ4v) is 2.71. The Labute approximate surface area is 124 Å². The van der Waals surface area contributed by atoms with Gasteiger partial charge in [-0.25, -0.2) is 4.79 Å². The molecule has 1 heterocycles. The maximum absolute atomic E-state index is 12.2. The molecule has 1 saturated heterocycles. The minimum absolute atomic E-state index is 0.0992. The molecular formula is C16H21NO4. The second kappa shape index (κ2) is 7.22. The molecule has 1 N–H and O–H groups in total. The third kappa shape index (κ3) is 4.04. The van der Waals surface area contributed by atoms with Gasteiger partial charge in [0, 0.05) is 26.5 Å². The molecule has 0 aromatic heterocycles. The van der Waals surface area contributed by atoms with Gasteiger partial charge in [0.25, 0.3) is 0 Å². The zero-order valence-electron chi connectivity index (χ0n) is 12.2. The first kappa shape index (κ1) is 15.5. The Kier molecular flexibility index (Phi) is 5.33. The van der Waals surface area contributed by atoms with Gasteiger partial charge < -0.3 is 14.7 Å². The number of carboxylic acid groups (broad SMARTS) is 1. The van der Waals surface area contributed by atoms with Gasteiger partial charge in [0.2, 0.25) is 5.91 Å². The monoisotopic (exact) mass is 291 g/mol. The molecule has 1 aliphatic rings. The average Bonchev–Trinajstić information content (AvgIpc) is 2.93. The molecule has 1 aliphatic heterocycles. The van der Waals surface area contributed by atoms with Crippen molar-refractivity contribution in [1.82, 2.24) is 4.90 Å². The first-order chi connectivity index (χ1) is 10.1. The highest BCUT2D eigenvalue weighted by Gasteiger charge is 2.39. The molecule has 1 aromatic carbocycles. The number of hydrogen-bond donors (Lipinski definition) is 1. The molecule has 0 spiro atoms. The summed E-state index contributed by atoms with van der Waals surface area (Å²) < 4.78 is 5.19. The van der Waals surface area contributed by atoms with Crippen LogP contribution in [0.5, 0.6) is 0 Å². The quantitative estimate of drug-likeness (QED) is 0.866. The van der Waals surface area contributed by atoms with E-state index in [9.17, 15) is 14.7 Å². The summed E-state index contributed by atoms with van der Waals surface area (Å²) >= 11 is 0. The Morgan fingerprint density at radius 2 is 2.05 bits per heavy atom. The number of likely N-dealkylation sites (tertiary alicyclic amines) is 1. The summed E-state index contributed by atoms with van der Waals surface area (Å²) in [4.78, 5) is 24.9. The van der Waals surface area contributed by atoms with E-state index in [0.717, 1.165) is 12.8 Å². The van der Waals surface area contributed by atoms with E-state index in [4.69, 9.17) is 4.74 Å². The Hall–Kier alpha value is -1.88. The molecular weight excluding hydrogens is 270 g/mol. The van der Waals surface area contributed by atoms with Crippen LogP contribution in [0.3, 0.4) is 0 Å². The lowest BCUT2D eigenvalue weighted by atomic mass is 10.1. The molecule has 1 fully saturated rings. The number of carbonyl (C=O) groups is 2. The lowest BCUT2D eigenvalue weighted by Gasteiger charge is -2.21. The molecule has 5 heteroatoms. The Morgan fingerprint density at radius 1 is 1.33 bits per heavy atom. The maximum atomic E-state index is 12.2. The van der Waals surface area contributed by atoms with E-state index in [-0.39, 0.29) is 12.0 Å². The summed E-state index contributed by atoms with van der Waals surface area (Å²) in [7, 11) is 1.55. The molecule has 0 bridgehead atoms. The van der Waals surface area contributed by atoms with Gasteiger partial charge in [0.15, 0.2) is 0 Å². The number of hydrogen-bond acceptors (Lipinski definition) is 3. The van der Waals surface area contributed by atoms with Crippen LogP contribution in [0.15, 0.2) is 30.3 Å². The fourth-order valence-electron chi connectivity index (χ4n) is 2.71. The number of methoxy groups -OCH3 is 1. The van der Waals surface area contributed by atoms with E-state index < -0.39 is 12.0 Å². The zero-order chi connectivity index (χ0) is 15.2. The standard InChI is InChI=1S/C16H21NO4/c1-21-13-10-14(16(19)20)17(11-13)15(18)9-5-8-12-6-3-2-4-7-12/h2-4,6-7,13-14H,5,8-11H2,1H3,(H,19,20). The number of amides is 1. The van der Waals surface area contributed by atoms with Crippen molar-refractivity contribution in [2.45, 2.75) is 37.8 Å². The van der Waals surface area contributed by atoms with E-state index in [1.165, 1.54) is 10.5 Å². The highest BCUT2D eigenvalue weighted by atomic mass is 16.5. The van der Waals surface area contributed by atoms with Crippen molar-refractivity contribution < 1.29 is 19.4 Å². The van der Waals surface area contributed by atoms with Crippen molar-refractivity contribution in [3.63, 3.8) is 0 Å². The van der Waals surface area contributed by atoms with Crippen LogP contribution >= 0.6 is 0 Å². The molecule has 21 heavy (non-hydrogen) atoms. The van der Waals surface area contributed by atoms with E-state index in [1.54, 1.807) is 7.11 Å². The summed E-state index contributed by atoms with van der Waals surface area (Å²) in [5.74, 6) is -1.05. The van der Waals surface area contributed by atoms with Crippen molar-refractivity contribution >= 4 is 11.9 Å². The van der Waals surface area contributed by atoms with Crippen molar-refractivity contribution in [3.8, 4) is 0 Å². The number of nitrogens with zero attached hydrogens (tertiary/aromatic N) is 1. The number of carbonyl (C=O) groups excluding carboxylic acids is 1. The van der Waals surface area contributed by atoms with E-state index in [0.29, 0.717) is 19.4 Å². The van der Waals surface area contributed by atoms with Gasteiger partial charge in [-0.2, -0.15) is 0 Å². The van der Waals surface area contributed by atoms with Gasteiger partial charge in [0.05, 0.1) is 6.10 Å². The first-order valence-corrected chi connectivity index (χ1v) is 7.21. The minimum Gasteiger partial charge on any atom is -0.480 e. The smallest absolute Gasteiger partial charge is 0.326 e. The summed E-state index contributed by atoms with van der Waals surface area (Å²) in [5.41, 5.74) is 1.19. The van der Waals surface area contributed by atoms with Crippen LogP contribution in [-0.4, -0.2) is 47.7 Å². The second-order valence-electron chi connectivity index (χ2n) is 5.33. The Morgan fingerprint density at radius 3 is 2.67 bits per heavy atom. The number of aliphatic carboxylic acids is 1. The number of benzene rings is 1. The lowest BCUT2D eigenvalue weighted by Crippen LogP contribution is -2.40. The lowest BCUT2D eigenvalue weighted by molar-refractivity contribution is -0.148. The zero-order valence-corrected chi connectivity index (χ0v) is 12.2. The SMILES string of the molecule is COC1CC(C(=O)O)N(C(=O)CCCc2ccccc2)C1.